The summed E-state index contributed by atoms with van der Waals surface area (Å²) < 4.78 is 7.83. The zero-order chi connectivity index (χ0) is 50.6. The predicted molar refractivity (Wildman–Crippen MR) is 301 cm³/mol. The largest absolute Gasteiger partial charge is 0.468 e. The monoisotopic (exact) mass is 935 g/mol. The average molecular weight is 935 g/mol. The van der Waals surface area contributed by atoms with Gasteiger partial charge in [0.25, 0.3) is 6.71 Å². The fourth-order valence-electron chi connectivity index (χ4n) is 15.3. The van der Waals surface area contributed by atoms with E-state index in [1.165, 1.54) is 106 Å². The summed E-state index contributed by atoms with van der Waals surface area (Å²) in [6.45, 7) is 49.6. The predicted octanol–water partition coefficient (Wildman–Crippen LogP) is 17.6. The molecule has 0 spiro atoms. The minimum Gasteiger partial charge on any atom is -0.468 e. The number of anilines is 3. The second kappa shape index (κ2) is 14.5. The maximum atomic E-state index is 7.83. The molecule has 2 aliphatic heterocycles. The van der Waals surface area contributed by atoms with Crippen molar-refractivity contribution >= 4 is 40.4 Å². The number of rotatable bonds is 2. The molecule has 0 bridgehead atoms. The minimum absolute atomic E-state index is 0.00957. The Morgan fingerprint density at radius 3 is 1.74 bits per heavy atom. The topological polar surface area (TPSA) is 19.6 Å². The Bertz CT molecular complexity index is 3010. The molecule has 5 aliphatic carbocycles. The smallest absolute Gasteiger partial charge is 0.274 e. The molecule has 1 fully saturated rings. The number of nitrogens with zero attached hydrogens (tertiary/aromatic N) is 2. The molecule has 3 nitrogen and oxygen atoms in total. The van der Waals surface area contributed by atoms with Gasteiger partial charge >= 0.3 is 0 Å². The van der Waals surface area contributed by atoms with Crippen LogP contribution in [0.25, 0.3) is 11.0 Å². The van der Waals surface area contributed by atoms with Crippen molar-refractivity contribution in [2.24, 2.45) is 28.1 Å². The van der Waals surface area contributed by atoms with E-state index < -0.39 is 5.31 Å². The molecular formula is C66H87BN2O. The van der Waals surface area contributed by atoms with Crippen LogP contribution >= 0.6 is 0 Å². The first-order valence-electron chi connectivity index (χ1n) is 27.5. The van der Waals surface area contributed by atoms with E-state index in [1.54, 1.807) is 11.3 Å². The third-order valence-corrected chi connectivity index (χ3v) is 20.5. The highest BCUT2D eigenvalue weighted by Crippen LogP contribution is 2.67. The summed E-state index contributed by atoms with van der Waals surface area (Å²) in [4.78, 5) is 5.70. The van der Waals surface area contributed by atoms with Gasteiger partial charge in [0.15, 0.2) is 0 Å². The molecule has 1 aromatic heterocycles. The van der Waals surface area contributed by atoms with E-state index in [9.17, 15) is 0 Å². The van der Waals surface area contributed by atoms with Crippen molar-refractivity contribution < 1.29 is 4.42 Å². The number of fused-ring (bicyclic) bond motifs is 9. The van der Waals surface area contributed by atoms with Crippen LogP contribution in [0.3, 0.4) is 0 Å². The summed E-state index contributed by atoms with van der Waals surface area (Å²) in [7, 11) is 0. The first-order chi connectivity index (χ1) is 32.2. The minimum atomic E-state index is -0.419. The van der Waals surface area contributed by atoms with Gasteiger partial charge in [-0.15, -0.1) is 0 Å². The Hall–Kier alpha value is -4.18. The molecule has 0 saturated heterocycles. The van der Waals surface area contributed by atoms with Gasteiger partial charge < -0.3 is 14.2 Å². The normalized spacial score (nSPS) is 28.5. The van der Waals surface area contributed by atoms with Crippen LogP contribution in [-0.2, 0) is 27.1 Å². The molecule has 11 rings (SSSR count). The second-order valence-electron chi connectivity index (χ2n) is 30.2. The Kier molecular flexibility index (Phi) is 9.98. The fraction of sp³-hybridized carbons (Fsp3) is 0.576. The van der Waals surface area contributed by atoms with Crippen molar-refractivity contribution in [3.8, 4) is 0 Å². The van der Waals surface area contributed by atoms with E-state index in [0.29, 0.717) is 11.8 Å². The quantitative estimate of drug-likeness (QED) is 0.187. The van der Waals surface area contributed by atoms with Gasteiger partial charge in [0.05, 0.1) is 17.4 Å². The number of furan rings is 1. The Balaban J connectivity index is 1.30. The van der Waals surface area contributed by atoms with E-state index in [0.717, 1.165) is 11.2 Å². The molecule has 0 radical (unpaired) electrons. The first kappa shape index (κ1) is 48.1. The molecule has 4 unspecified atom stereocenters. The molecule has 0 N–H and O–H groups in total. The number of hydrogen-bond acceptors (Lipinski definition) is 3. The number of aryl methyl sites for hydroxylation is 1. The van der Waals surface area contributed by atoms with Crippen molar-refractivity contribution in [1.82, 2.24) is 0 Å². The van der Waals surface area contributed by atoms with Crippen molar-refractivity contribution in [3.63, 3.8) is 0 Å². The summed E-state index contributed by atoms with van der Waals surface area (Å²) in [5.74, 6) is 0.735. The highest BCUT2D eigenvalue weighted by atomic mass is 16.3. The van der Waals surface area contributed by atoms with E-state index >= 15 is 0 Å². The molecule has 70 heavy (non-hydrogen) atoms. The zero-order valence-electron chi connectivity index (χ0n) is 47.3. The van der Waals surface area contributed by atoms with Crippen molar-refractivity contribution in [2.75, 3.05) is 9.80 Å². The summed E-state index contributed by atoms with van der Waals surface area (Å²) >= 11 is 0. The molecule has 3 aromatic carbocycles. The van der Waals surface area contributed by atoms with E-state index in [-0.39, 0.29) is 56.1 Å². The molecular weight excluding hydrogens is 848 g/mol. The van der Waals surface area contributed by atoms with Gasteiger partial charge in [0, 0.05) is 39.4 Å². The highest BCUT2D eigenvalue weighted by Gasteiger charge is 2.66. The molecule has 4 aromatic rings. The molecule has 370 valence electrons. The van der Waals surface area contributed by atoms with Crippen LogP contribution in [-0.4, -0.2) is 12.8 Å². The lowest BCUT2D eigenvalue weighted by Crippen LogP contribution is -2.66. The zero-order valence-corrected chi connectivity index (χ0v) is 47.3. The van der Waals surface area contributed by atoms with Crippen LogP contribution in [0, 0.1) is 35.0 Å². The van der Waals surface area contributed by atoms with E-state index in [2.05, 4.69) is 221 Å². The third kappa shape index (κ3) is 6.71. The lowest BCUT2D eigenvalue weighted by molar-refractivity contribution is 0.0238. The lowest BCUT2D eigenvalue weighted by atomic mass is 9.22. The van der Waals surface area contributed by atoms with Gasteiger partial charge in [0.2, 0.25) is 0 Å². The van der Waals surface area contributed by atoms with E-state index in [4.69, 9.17) is 4.42 Å². The maximum Gasteiger partial charge on any atom is 0.274 e. The highest BCUT2D eigenvalue weighted by molar-refractivity contribution is 6.85. The van der Waals surface area contributed by atoms with Crippen molar-refractivity contribution in [3.05, 3.63) is 129 Å². The second-order valence-corrected chi connectivity index (χ2v) is 30.2. The maximum absolute atomic E-state index is 7.83. The van der Waals surface area contributed by atoms with Gasteiger partial charge in [-0.25, -0.2) is 0 Å². The average Bonchev–Trinajstić information content (AvgIpc) is 3.62. The van der Waals surface area contributed by atoms with Crippen LogP contribution in [0.1, 0.15) is 203 Å². The van der Waals surface area contributed by atoms with Crippen LogP contribution in [0.5, 0.6) is 0 Å². The summed E-state index contributed by atoms with van der Waals surface area (Å²) in [5.41, 5.74) is 21.1. The SMILES string of the molecule is Cc1cc2c(cc1N1C3=C(C=CC4C3C(C)(C)CCC4(C)C)B3c4oc5cc6c(cc5c4N(c4ccc(C(C)(C)C)cc4)C4=CC(C(C)(C)C)=CC1C34C)C(C)(C)CCC6(C)C)C(C)(C)CCC2(C)C. The number of benzene rings is 3. The fourth-order valence-corrected chi connectivity index (χ4v) is 15.3. The summed E-state index contributed by atoms with van der Waals surface area (Å²) in [5, 5.41) is 0.834. The van der Waals surface area contributed by atoms with E-state index in [1.807, 2.05) is 0 Å². The Morgan fingerprint density at radius 2 is 1.17 bits per heavy atom. The Labute approximate surface area is 424 Å². The van der Waals surface area contributed by atoms with Gasteiger partial charge in [-0.2, -0.15) is 0 Å². The van der Waals surface area contributed by atoms with Gasteiger partial charge in [-0.05, 0) is 176 Å². The molecule has 0 amide bonds. The molecule has 4 atom stereocenters. The van der Waals surface area contributed by atoms with Crippen LogP contribution in [0.2, 0.25) is 5.31 Å². The molecule has 7 aliphatic rings. The van der Waals surface area contributed by atoms with Gasteiger partial charge in [-0.3, -0.25) is 0 Å². The van der Waals surface area contributed by atoms with Gasteiger partial charge in [0.1, 0.15) is 5.58 Å². The molecule has 1 saturated carbocycles. The number of allylic oxidation sites excluding steroid dienone is 6. The van der Waals surface area contributed by atoms with Gasteiger partial charge in [-0.1, -0.05) is 168 Å². The lowest BCUT2D eigenvalue weighted by Gasteiger charge is -2.63. The van der Waals surface area contributed by atoms with Crippen molar-refractivity contribution in [2.45, 2.75) is 215 Å². The standard InChI is InChI=1S/C66H87BN2O/c1-39-33-45-47(63(14,15)29-27-61(45,10)11)37-50(39)69-53-35-41(59(5,6)7)34-52-66(53,20)67(49-26-25-44-54(56(49)69)65(18,19)32-31-60(44,8)9)57-55(68(52)42-23-21-40(22-24-42)58(2,3)4)43-36-46-48(38-51(43)70-57)64(16,17)30-28-62(46,12)13/h21-26,33-38,44,53-54H,27-32H2,1-20H3. The molecule has 4 heteroatoms. The molecule has 3 heterocycles. The summed E-state index contributed by atoms with van der Waals surface area (Å²) in [6, 6.07) is 20.1. The number of hydrogen-bond donors (Lipinski definition) is 0. The van der Waals surface area contributed by atoms with Crippen LogP contribution in [0.4, 0.5) is 17.1 Å². The first-order valence-corrected chi connectivity index (χ1v) is 27.5. The third-order valence-electron chi connectivity index (χ3n) is 20.5. The van der Waals surface area contributed by atoms with Crippen LogP contribution < -0.4 is 15.5 Å². The Morgan fingerprint density at radius 1 is 0.629 bits per heavy atom. The summed E-state index contributed by atoms with van der Waals surface area (Å²) in [6.07, 6.45) is 17.9. The van der Waals surface area contributed by atoms with Crippen LogP contribution in [0.15, 0.2) is 99.7 Å². The van der Waals surface area contributed by atoms with Crippen molar-refractivity contribution in [1.29, 1.82) is 0 Å².